The molecule has 0 saturated carbocycles. The molecule has 0 spiro atoms. The largest absolute Gasteiger partial charge is 0.461 e. The van der Waals surface area contributed by atoms with Crippen molar-refractivity contribution < 1.29 is 13.9 Å². The summed E-state index contributed by atoms with van der Waals surface area (Å²) in [5.74, 6) is -0.740. The van der Waals surface area contributed by atoms with Crippen LogP contribution in [-0.4, -0.2) is 27.3 Å². The molecule has 0 amide bonds. The van der Waals surface area contributed by atoms with Crippen molar-refractivity contribution in [1.82, 2.24) is 14.8 Å². The molecule has 0 atom stereocenters. The summed E-state index contributed by atoms with van der Waals surface area (Å²) in [4.78, 5) is 15.1. The summed E-state index contributed by atoms with van der Waals surface area (Å²) in [5, 5.41) is 4.63. The van der Waals surface area contributed by atoms with E-state index in [0.29, 0.717) is 23.3 Å². The molecule has 2 aromatic carbocycles. The van der Waals surface area contributed by atoms with Crippen LogP contribution in [0.3, 0.4) is 0 Å². The van der Waals surface area contributed by atoms with Crippen LogP contribution in [0.5, 0.6) is 0 Å². The summed E-state index contributed by atoms with van der Waals surface area (Å²) in [7, 11) is 0. The average Bonchev–Trinajstić information content (AvgIpc) is 3.21. The Morgan fingerprint density at radius 1 is 1.15 bits per heavy atom. The summed E-state index contributed by atoms with van der Waals surface area (Å²) in [6.07, 6.45) is 0. The summed E-state index contributed by atoms with van der Waals surface area (Å²) < 4.78 is 20.2. The fourth-order valence-electron chi connectivity index (χ4n) is 2.92. The first-order valence-electron chi connectivity index (χ1n) is 8.27. The molecule has 6 heteroatoms. The van der Waals surface area contributed by atoms with Crippen LogP contribution in [0.15, 0.2) is 60.7 Å². The number of esters is 1. The molecule has 0 aliphatic rings. The lowest BCUT2D eigenvalue weighted by atomic mass is 10.1. The second-order valence-electron chi connectivity index (χ2n) is 5.77. The van der Waals surface area contributed by atoms with Crippen LogP contribution in [0.25, 0.3) is 28.0 Å². The molecule has 0 fully saturated rings. The zero-order valence-corrected chi connectivity index (χ0v) is 14.1. The van der Waals surface area contributed by atoms with Crippen molar-refractivity contribution in [3.05, 3.63) is 72.2 Å². The number of ether oxygens (including phenoxy) is 1. The minimum atomic E-state index is -0.429. The van der Waals surface area contributed by atoms with Crippen molar-refractivity contribution in [3.63, 3.8) is 0 Å². The fourth-order valence-corrected chi connectivity index (χ4v) is 2.92. The molecule has 0 bridgehead atoms. The predicted octanol–water partition coefficient (Wildman–Crippen LogP) is 4.34. The van der Waals surface area contributed by atoms with Gasteiger partial charge in [-0.2, -0.15) is 5.10 Å². The summed E-state index contributed by atoms with van der Waals surface area (Å²) in [6.45, 7) is 2.05. The standard InChI is InChI=1S/C20H16FN3O2/c1-2-26-20(25)17-12-16-18(22-17)19(13-8-10-14(21)11-9-13)24(23-16)15-6-4-3-5-7-15/h3-12,22H,2H2,1H3. The van der Waals surface area contributed by atoms with Crippen LogP contribution in [0, 0.1) is 5.82 Å². The molecule has 4 aromatic rings. The molecule has 0 aliphatic carbocycles. The van der Waals surface area contributed by atoms with Crippen molar-refractivity contribution in [3.8, 4) is 16.9 Å². The van der Waals surface area contributed by atoms with Gasteiger partial charge in [-0.3, -0.25) is 0 Å². The Kier molecular flexibility index (Phi) is 4.01. The molecule has 2 heterocycles. The van der Waals surface area contributed by atoms with Gasteiger partial charge in [0.25, 0.3) is 0 Å². The molecule has 4 rings (SSSR count). The molecule has 0 saturated heterocycles. The zero-order valence-electron chi connectivity index (χ0n) is 14.1. The van der Waals surface area contributed by atoms with Crippen LogP contribution in [0.2, 0.25) is 0 Å². The molecule has 26 heavy (non-hydrogen) atoms. The molecule has 1 N–H and O–H groups in total. The highest BCUT2D eigenvalue weighted by molar-refractivity contribution is 5.98. The molecule has 5 nitrogen and oxygen atoms in total. The van der Waals surface area contributed by atoms with Gasteiger partial charge in [-0.1, -0.05) is 18.2 Å². The fraction of sp³-hybridized carbons (Fsp3) is 0.100. The first-order valence-corrected chi connectivity index (χ1v) is 8.27. The average molecular weight is 349 g/mol. The van der Waals surface area contributed by atoms with Gasteiger partial charge >= 0.3 is 5.97 Å². The minimum Gasteiger partial charge on any atom is -0.461 e. The SMILES string of the molecule is CCOC(=O)c1cc2nn(-c3ccccc3)c(-c3ccc(F)cc3)c2[nH]1. The summed E-state index contributed by atoms with van der Waals surface area (Å²) in [5.41, 5.74) is 4.08. The van der Waals surface area contributed by atoms with E-state index in [4.69, 9.17) is 4.74 Å². The van der Waals surface area contributed by atoms with E-state index < -0.39 is 5.97 Å². The Morgan fingerprint density at radius 2 is 1.88 bits per heavy atom. The van der Waals surface area contributed by atoms with Gasteiger partial charge in [-0.05, 0) is 49.4 Å². The maximum atomic E-state index is 13.4. The van der Waals surface area contributed by atoms with Crippen LogP contribution in [0.1, 0.15) is 17.4 Å². The second-order valence-corrected chi connectivity index (χ2v) is 5.77. The van der Waals surface area contributed by atoms with Gasteiger partial charge in [0.1, 0.15) is 17.0 Å². The maximum Gasteiger partial charge on any atom is 0.354 e. The highest BCUT2D eigenvalue weighted by Gasteiger charge is 2.20. The molecule has 0 radical (unpaired) electrons. The second kappa shape index (κ2) is 6.48. The van der Waals surface area contributed by atoms with Gasteiger partial charge in [0.15, 0.2) is 0 Å². The number of benzene rings is 2. The van der Waals surface area contributed by atoms with E-state index in [1.165, 1.54) is 12.1 Å². The molecule has 130 valence electrons. The Bertz CT molecular complexity index is 1070. The smallest absolute Gasteiger partial charge is 0.354 e. The summed E-state index contributed by atoms with van der Waals surface area (Å²) >= 11 is 0. The van der Waals surface area contributed by atoms with E-state index in [-0.39, 0.29) is 5.82 Å². The number of para-hydroxylation sites is 1. The lowest BCUT2D eigenvalue weighted by molar-refractivity contribution is 0.0520. The topological polar surface area (TPSA) is 59.9 Å². The monoisotopic (exact) mass is 349 g/mol. The maximum absolute atomic E-state index is 13.4. The highest BCUT2D eigenvalue weighted by Crippen LogP contribution is 2.31. The zero-order chi connectivity index (χ0) is 18.1. The third-order valence-corrected chi connectivity index (χ3v) is 4.07. The number of hydrogen-bond donors (Lipinski definition) is 1. The molecular weight excluding hydrogens is 333 g/mol. The van der Waals surface area contributed by atoms with Gasteiger partial charge in [0.05, 0.1) is 23.5 Å². The van der Waals surface area contributed by atoms with E-state index in [9.17, 15) is 9.18 Å². The quantitative estimate of drug-likeness (QED) is 0.558. The van der Waals surface area contributed by atoms with E-state index in [0.717, 1.165) is 16.9 Å². The van der Waals surface area contributed by atoms with Gasteiger partial charge in [-0.15, -0.1) is 0 Å². The number of aromatic nitrogens is 3. The number of hydrogen-bond acceptors (Lipinski definition) is 3. The first kappa shape index (κ1) is 16.1. The van der Waals surface area contributed by atoms with Crippen molar-refractivity contribution in [2.24, 2.45) is 0 Å². The van der Waals surface area contributed by atoms with Gasteiger partial charge in [-0.25, -0.2) is 13.9 Å². The van der Waals surface area contributed by atoms with Gasteiger partial charge < -0.3 is 9.72 Å². The Hall–Kier alpha value is -3.41. The number of H-pyrrole nitrogens is 1. The van der Waals surface area contributed by atoms with Crippen molar-refractivity contribution in [2.75, 3.05) is 6.61 Å². The van der Waals surface area contributed by atoms with E-state index in [2.05, 4.69) is 10.1 Å². The van der Waals surface area contributed by atoms with Crippen molar-refractivity contribution in [2.45, 2.75) is 6.92 Å². The third kappa shape index (κ3) is 2.75. The minimum absolute atomic E-state index is 0.296. The van der Waals surface area contributed by atoms with E-state index in [1.807, 2.05) is 30.3 Å². The number of halogens is 1. The normalized spacial score (nSPS) is 11.0. The van der Waals surface area contributed by atoms with Crippen LogP contribution in [-0.2, 0) is 4.74 Å². The van der Waals surface area contributed by atoms with Gasteiger partial charge in [0.2, 0.25) is 0 Å². The number of aromatic amines is 1. The summed E-state index contributed by atoms with van der Waals surface area (Å²) in [6, 6.07) is 17.5. The third-order valence-electron chi connectivity index (χ3n) is 4.07. The number of nitrogens with zero attached hydrogens (tertiary/aromatic N) is 2. The van der Waals surface area contributed by atoms with Crippen LogP contribution >= 0.6 is 0 Å². The number of carbonyl (C=O) groups is 1. The number of nitrogens with one attached hydrogen (secondary N) is 1. The molecule has 0 aliphatic heterocycles. The predicted molar refractivity (Wildman–Crippen MR) is 96.8 cm³/mol. The van der Waals surface area contributed by atoms with Crippen LogP contribution in [0.4, 0.5) is 4.39 Å². The van der Waals surface area contributed by atoms with Crippen molar-refractivity contribution >= 4 is 17.0 Å². The van der Waals surface area contributed by atoms with Crippen molar-refractivity contribution in [1.29, 1.82) is 0 Å². The Balaban J connectivity index is 1.93. The van der Waals surface area contributed by atoms with E-state index >= 15 is 0 Å². The molecule has 0 unspecified atom stereocenters. The Morgan fingerprint density at radius 3 is 2.58 bits per heavy atom. The lowest BCUT2D eigenvalue weighted by Crippen LogP contribution is -2.05. The number of carbonyl (C=O) groups excluding carboxylic acids is 1. The number of rotatable bonds is 4. The van der Waals surface area contributed by atoms with Crippen LogP contribution < -0.4 is 0 Å². The lowest BCUT2D eigenvalue weighted by Gasteiger charge is -2.08. The first-order chi connectivity index (χ1) is 12.7. The number of fused-ring (bicyclic) bond motifs is 1. The molecular formula is C20H16FN3O2. The van der Waals surface area contributed by atoms with E-state index in [1.54, 1.807) is 29.8 Å². The van der Waals surface area contributed by atoms with Gasteiger partial charge in [0, 0.05) is 5.56 Å². The Labute approximate surface area is 149 Å². The highest BCUT2D eigenvalue weighted by atomic mass is 19.1. The molecule has 2 aromatic heterocycles.